The highest BCUT2D eigenvalue weighted by Crippen LogP contribution is 2.27. The van der Waals surface area contributed by atoms with Crippen molar-refractivity contribution in [2.75, 3.05) is 11.9 Å². The fourth-order valence-electron chi connectivity index (χ4n) is 2.81. The summed E-state index contributed by atoms with van der Waals surface area (Å²) < 4.78 is 10.2. The normalized spacial score (nSPS) is 10.9. The molecule has 0 aliphatic heterocycles. The molecule has 0 aliphatic carbocycles. The molecule has 0 saturated heterocycles. The predicted molar refractivity (Wildman–Crippen MR) is 111 cm³/mol. The van der Waals surface area contributed by atoms with Crippen molar-refractivity contribution < 1.29 is 18.8 Å². The van der Waals surface area contributed by atoms with Crippen LogP contribution in [0.5, 0.6) is 0 Å². The highest BCUT2D eigenvalue weighted by Gasteiger charge is 2.15. The number of anilines is 1. The maximum atomic E-state index is 12.2. The molecular formula is C21H23N3O4S. The maximum absolute atomic E-state index is 12.2. The molecule has 3 aromatic rings. The zero-order chi connectivity index (χ0) is 20.8. The molecule has 0 bridgehead atoms. The first-order valence-electron chi connectivity index (χ1n) is 9.34. The standard InChI is InChI=1S/C21H23N3O4S/c1-13(2)16-6-4-5-14(3)20(16)22-17(25)11-27-19(26)8-7-18-23-21(24-28-18)15-9-10-29-12-15/h4-6,9-10,12-13H,7-8,11H2,1-3H3,(H,22,25). The molecule has 0 fully saturated rings. The van der Waals surface area contributed by atoms with E-state index in [0.717, 1.165) is 22.4 Å². The zero-order valence-corrected chi connectivity index (χ0v) is 17.4. The Morgan fingerprint density at radius 2 is 2.10 bits per heavy atom. The van der Waals surface area contributed by atoms with E-state index in [2.05, 4.69) is 29.3 Å². The van der Waals surface area contributed by atoms with Crippen LogP contribution in [-0.4, -0.2) is 28.6 Å². The first-order valence-corrected chi connectivity index (χ1v) is 10.3. The molecular weight excluding hydrogens is 390 g/mol. The van der Waals surface area contributed by atoms with Crippen LogP contribution in [0.2, 0.25) is 0 Å². The maximum Gasteiger partial charge on any atom is 0.306 e. The molecule has 0 spiro atoms. The average molecular weight is 413 g/mol. The summed E-state index contributed by atoms with van der Waals surface area (Å²) in [6, 6.07) is 7.77. The Morgan fingerprint density at radius 3 is 2.83 bits per heavy atom. The van der Waals surface area contributed by atoms with Crippen molar-refractivity contribution in [2.24, 2.45) is 0 Å². The minimum absolute atomic E-state index is 0.0557. The molecule has 152 valence electrons. The molecule has 3 rings (SSSR count). The van der Waals surface area contributed by atoms with E-state index in [-0.39, 0.29) is 31.3 Å². The number of aromatic nitrogens is 2. The van der Waals surface area contributed by atoms with Gasteiger partial charge in [-0.25, -0.2) is 0 Å². The number of ether oxygens (including phenoxy) is 1. The van der Waals surface area contributed by atoms with Crippen molar-refractivity contribution in [3.63, 3.8) is 0 Å². The molecule has 7 nitrogen and oxygen atoms in total. The van der Waals surface area contributed by atoms with Gasteiger partial charge in [0, 0.05) is 23.1 Å². The van der Waals surface area contributed by atoms with E-state index >= 15 is 0 Å². The van der Waals surface area contributed by atoms with Crippen LogP contribution in [0.1, 0.15) is 43.2 Å². The number of carbonyl (C=O) groups excluding carboxylic acids is 2. The molecule has 1 aromatic carbocycles. The number of para-hydroxylation sites is 1. The molecule has 8 heteroatoms. The van der Waals surface area contributed by atoms with Crippen molar-refractivity contribution in [3.05, 3.63) is 52.0 Å². The van der Waals surface area contributed by atoms with E-state index in [0.29, 0.717) is 11.7 Å². The van der Waals surface area contributed by atoms with Crippen LogP contribution in [0, 0.1) is 6.92 Å². The lowest BCUT2D eigenvalue weighted by atomic mass is 9.98. The Labute approximate surface area is 173 Å². The third-order valence-electron chi connectivity index (χ3n) is 4.35. The average Bonchev–Trinajstić information content (AvgIpc) is 3.37. The molecule has 1 N–H and O–H groups in total. The number of thiophene rings is 1. The van der Waals surface area contributed by atoms with Crippen molar-refractivity contribution in [2.45, 2.75) is 39.5 Å². The second kappa shape index (κ2) is 9.47. The molecule has 0 saturated carbocycles. The molecule has 0 unspecified atom stereocenters. The van der Waals surface area contributed by atoms with E-state index in [1.54, 1.807) is 11.3 Å². The van der Waals surface area contributed by atoms with E-state index in [4.69, 9.17) is 9.26 Å². The van der Waals surface area contributed by atoms with Crippen LogP contribution < -0.4 is 5.32 Å². The van der Waals surface area contributed by atoms with Crippen LogP contribution in [-0.2, 0) is 20.7 Å². The molecule has 0 aliphatic rings. The molecule has 0 radical (unpaired) electrons. The van der Waals surface area contributed by atoms with Gasteiger partial charge in [0.2, 0.25) is 11.7 Å². The lowest BCUT2D eigenvalue weighted by molar-refractivity contribution is -0.147. The number of nitrogens with zero attached hydrogens (tertiary/aromatic N) is 2. The lowest BCUT2D eigenvalue weighted by Gasteiger charge is -2.16. The van der Waals surface area contributed by atoms with Crippen molar-refractivity contribution in [3.8, 4) is 11.4 Å². The fraction of sp³-hybridized carbons (Fsp3) is 0.333. The third-order valence-corrected chi connectivity index (χ3v) is 5.03. The Kier molecular flexibility index (Phi) is 6.77. The van der Waals surface area contributed by atoms with Crippen LogP contribution in [0.4, 0.5) is 5.69 Å². The number of carbonyl (C=O) groups is 2. The lowest BCUT2D eigenvalue weighted by Crippen LogP contribution is -2.22. The van der Waals surface area contributed by atoms with Gasteiger partial charge in [-0.15, -0.1) is 0 Å². The molecule has 0 atom stereocenters. The Morgan fingerprint density at radius 1 is 1.28 bits per heavy atom. The van der Waals surface area contributed by atoms with Gasteiger partial charge < -0.3 is 14.6 Å². The van der Waals surface area contributed by atoms with Crippen LogP contribution in [0.15, 0.2) is 39.5 Å². The smallest absolute Gasteiger partial charge is 0.306 e. The summed E-state index contributed by atoms with van der Waals surface area (Å²) in [5, 5.41) is 10.6. The predicted octanol–water partition coefficient (Wildman–Crippen LogP) is 4.34. The summed E-state index contributed by atoms with van der Waals surface area (Å²) in [6.07, 6.45) is 0.313. The first kappa shape index (κ1) is 20.7. The molecule has 1 amide bonds. The van der Waals surface area contributed by atoms with Gasteiger partial charge in [-0.05, 0) is 35.4 Å². The largest absolute Gasteiger partial charge is 0.456 e. The summed E-state index contributed by atoms with van der Waals surface area (Å²) in [5.41, 5.74) is 3.66. The highest BCUT2D eigenvalue weighted by atomic mass is 32.1. The van der Waals surface area contributed by atoms with Gasteiger partial charge in [0.25, 0.3) is 5.91 Å². The number of benzene rings is 1. The Bertz CT molecular complexity index is 980. The minimum Gasteiger partial charge on any atom is -0.456 e. The minimum atomic E-state index is -0.496. The van der Waals surface area contributed by atoms with Gasteiger partial charge in [-0.3, -0.25) is 9.59 Å². The third kappa shape index (κ3) is 5.51. The summed E-state index contributed by atoms with van der Waals surface area (Å²) in [5.74, 6) is 0.250. The van der Waals surface area contributed by atoms with Gasteiger partial charge >= 0.3 is 5.97 Å². The number of aryl methyl sites for hydroxylation is 2. The Balaban J connectivity index is 1.47. The van der Waals surface area contributed by atoms with E-state index in [1.807, 2.05) is 41.9 Å². The first-order chi connectivity index (χ1) is 13.9. The van der Waals surface area contributed by atoms with Gasteiger partial charge in [0.1, 0.15) is 0 Å². The highest BCUT2D eigenvalue weighted by molar-refractivity contribution is 7.08. The molecule has 29 heavy (non-hydrogen) atoms. The quantitative estimate of drug-likeness (QED) is 0.552. The topological polar surface area (TPSA) is 94.3 Å². The number of rotatable bonds is 8. The number of nitrogens with one attached hydrogen (secondary N) is 1. The monoisotopic (exact) mass is 413 g/mol. The van der Waals surface area contributed by atoms with Gasteiger partial charge in [-0.2, -0.15) is 16.3 Å². The zero-order valence-electron chi connectivity index (χ0n) is 16.6. The Hall–Kier alpha value is -3.00. The van der Waals surface area contributed by atoms with Crippen LogP contribution in [0.3, 0.4) is 0 Å². The number of amides is 1. The van der Waals surface area contributed by atoms with Crippen molar-refractivity contribution in [1.29, 1.82) is 0 Å². The van der Waals surface area contributed by atoms with Crippen molar-refractivity contribution >= 4 is 28.9 Å². The van der Waals surface area contributed by atoms with Gasteiger partial charge in [0.05, 0.1) is 6.42 Å². The number of esters is 1. The fourth-order valence-corrected chi connectivity index (χ4v) is 3.44. The van der Waals surface area contributed by atoms with Gasteiger partial charge in [-0.1, -0.05) is 37.2 Å². The summed E-state index contributed by atoms with van der Waals surface area (Å²) >= 11 is 1.54. The van der Waals surface area contributed by atoms with Crippen molar-refractivity contribution in [1.82, 2.24) is 10.1 Å². The van der Waals surface area contributed by atoms with E-state index in [9.17, 15) is 9.59 Å². The van der Waals surface area contributed by atoms with Crippen LogP contribution >= 0.6 is 11.3 Å². The molecule has 2 aromatic heterocycles. The summed E-state index contributed by atoms with van der Waals surface area (Å²) in [7, 11) is 0. The molecule has 2 heterocycles. The summed E-state index contributed by atoms with van der Waals surface area (Å²) in [6.45, 7) is 5.72. The number of hydrogen-bond acceptors (Lipinski definition) is 7. The van der Waals surface area contributed by atoms with Gasteiger partial charge in [0.15, 0.2) is 6.61 Å². The van der Waals surface area contributed by atoms with Crippen LogP contribution in [0.25, 0.3) is 11.4 Å². The second-order valence-electron chi connectivity index (χ2n) is 6.93. The second-order valence-corrected chi connectivity index (χ2v) is 7.71. The summed E-state index contributed by atoms with van der Waals surface area (Å²) in [4.78, 5) is 28.4. The number of hydrogen-bond donors (Lipinski definition) is 1. The van der Waals surface area contributed by atoms with E-state index in [1.165, 1.54) is 0 Å². The van der Waals surface area contributed by atoms with E-state index < -0.39 is 5.97 Å². The SMILES string of the molecule is Cc1cccc(C(C)C)c1NC(=O)COC(=O)CCc1nc(-c2ccsc2)no1.